The first-order valence-corrected chi connectivity index (χ1v) is 4.65. The Morgan fingerprint density at radius 2 is 2.00 bits per heavy atom. The van der Waals surface area contributed by atoms with Crippen molar-refractivity contribution >= 4 is 5.84 Å². The molecule has 0 aliphatic carbocycles. The van der Waals surface area contributed by atoms with Crippen LogP contribution in [0.5, 0.6) is 0 Å². The monoisotopic (exact) mass is 176 g/mol. The molecule has 0 aromatic heterocycles. The number of aliphatic imine (C=N–C) groups is 1. The lowest BCUT2D eigenvalue weighted by molar-refractivity contribution is 0.954. The summed E-state index contributed by atoms with van der Waals surface area (Å²) in [6.45, 7) is 2.80. The van der Waals surface area contributed by atoms with Crippen LogP contribution in [0, 0.1) is 0 Å². The summed E-state index contributed by atoms with van der Waals surface area (Å²) in [5.41, 5.74) is 6.89. The topological polar surface area (TPSA) is 38.4 Å². The Bertz CT molecular complexity index is 265. The molecule has 1 aromatic rings. The van der Waals surface area contributed by atoms with Gasteiger partial charge in [-0.1, -0.05) is 37.3 Å². The van der Waals surface area contributed by atoms with Crippen LogP contribution in [0.3, 0.4) is 0 Å². The molecule has 0 radical (unpaired) electrons. The van der Waals surface area contributed by atoms with Crippen LogP contribution in [0.1, 0.15) is 25.3 Å². The molecule has 0 unspecified atom stereocenters. The van der Waals surface area contributed by atoms with Gasteiger partial charge in [-0.25, -0.2) is 0 Å². The van der Waals surface area contributed by atoms with Crippen molar-refractivity contribution in [1.29, 1.82) is 0 Å². The summed E-state index contributed by atoms with van der Waals surface area (Å²) in [6.07, 6.45) is 1.96. The second-order valence-electron chi connectivity index (χ2n) is 3.04. The standard InChI is InChI=1S/C11H16N2/c1-2-6-11(12)13-9-10-7-4-3-5-8-10/h3-5,7-8H,2,6,9H2,1H3,(H2,12,13). The van der Waals surface area contributed by atoms with Gasteiger partial charge in [0.05, 0.1) is 12.4 Å². The van der Waals surface area contributed by atoms with Crippen LogP contribution < -0.4 is 5.73 Å². The minimum Gasteiger partial charge on any atom is -0.387 e. The summed E-state index contributed by atoms with van der Waals surface area (Å²) in [5, 5.41) is 0. The average molecular weight is 176 g/mol. The molecule has 2 nitrogen and oxygen atoms in total. The average Bonchev–Trinajstić information content (AvgIpc) is 2.17. The first kappa shape index (κ1) is 9.78. The third kappa shape index (κ3) is 3.74. The quantitative estimate of drug-likeness (QED) is 0.555. The second kappa shape index (κ2) is 5.36. The molecule has 2 N–H and O–H groups in total. The van der Waals surface area contributed by atoms with Crippen LogP contribution in [0.2, 0.25) is 0 Å². The fraction of sp³-hybridized carbons (Fsp3) is 0.364. The third-order valence-corrected chi connectivity index (χ3v) is 1.81. The third-order valence-electron chi connectivity index (χ3n) is 1.81. The van der Waals surface area contributed by atoms with Crippen molar-refractivity contribution in [3.8, 4) is 0 Å². The van der Waals surface area contributed by atoms with Gasteiger partial charge in [0.2, 0.25) is 0 Å². The van der Waals surface area contributed by atoms with Gasteiger partial charge in [-0.2, -0.15) is 0 Å². The number of nitrogens with two attached hydrogens (primary N) is 1. The Morgan fingerprint density at radius 3 is 2.62 bits per heavy atom. The largest absolute Gasteiger partial charge is 0.387 e. The molecule has 0 saturated carbocycles. The number of hydrogen-bond acceptors (Lipinski definition) is 1. The van der Waals surface area contributed by atoms with Crippen molar-refractivity contribution in [1.82, 2.24) is 0 Å². The van der Waals surface area contributed by atoms with Crippen molar-refractivity contribution in [2.75, 3.05) is 0 Å². The van der Waals surface area contributed by atoms with Crippen LogP contribution in [0.15, 0.2) is 35.3 Å². The van der Waals surface area contributed by atoms with Crippen LogP contribution in [-0.2, 0) is 6.54 Å². The normalized spacial score (nSPS) is 11.6. The number of nitrogens with zero attached hydrogens (tertiary/aromatic N) is 1. The maximum atomic E-state index is 5.68. The van der Waals surface area contributed by atoms with Gasteiger partial charge in [-0.15, -0.1) is 0 Å². The van der Waals surface area contributed by atoms with Crippen molar-refractivity contribution in [2.24, 2.45) is 10.7 Å². The molecule has 0 saturated heterocycles. The Morgan fingerprint density at radius 1 is 1.31 bits per heavy atom. The number of hydrogen-bond donors (Lipinski definition) is 1. The Kier molecular flexibility index (Phi) is 4.03. The van der Waals surface area contributed by atoms with E-state index >= 15 is 0 Å². The van der Waals surface area contributed by atoms with E-state index in [0.29, 0.717) is 6.54 Å². The first-order valence-electron chi connectivity index (χ1n) is 4.65. The van der Waals surface area contributed by atoms with E-state index < -0.39 is 0 Å². The first-order chi connectivity index (χ1) is 6.33. The Labute approximate surface area is 79.5 Å². The molecular formula is C11H16N2. The molecule has 0 bridgehead atoms. The molecule has 1 rings (SSSR count). The molecule has 0 amide bonds. The van der Waals surface area contributed by atoms with E-state index in [1.807, 2.05) is 18.2 Å². The maximum Gasteiger partial charge on any atom is 0.0941 e. The van der Waals surface area contributed by atoms with Gasteiger partial charge in [0.15, 0.2) is 0 Å². The van der Waals surface area contributed by atoms with Gasteiger partial charge in [0.25, 0.3) is 0 Å². The lowest BCUT2D eigenvalue weighted by Crippen LogP contribution is -2.10. The molecule has 0 spiro atoms. The number of benzene rings is 1. The zero-order chi connectivity index (χ0) is 9.52. The van der Waals surface area contributed by atoms with E-state index in [2.05, 4.69) is 24.0 Å². The van der Waals surface area contributed by atoms with E-state index in [9.17, 15) is 0 Å². The smallest absolute Gasteiger partial charge is 0.0941 e. The fourth-order valence-corrected chi connectivity index (χ4v) is 1.11. The molecule has 70 valence electrons. The van der Waals surface area contributed by atoms with E-state index in [1.165, 1.54) is 5.56 Å². The van der Waals surface area contributed by atoms with E-state index in [-0.39, 0.29) is 0 Å². The summed E-state index contributed by atoms with van der Waals surface area (Å²) >= 11 is 0. The van der Waals surface area contributed by atoms with Gasteiger partial charge in [-0.3, -0.25) is 4.99 Å². The van der Waals surface area contributed by atoms with Gasteiger partial charge in [-0.05, 0) is 12.0 Å². The highest BCUT2D eigenvalue weighted by atomic mass is 14.8. The summed E-state index contributed by atoms with van der Waals surface area (Å²) in [5.74, 6) is 0.756. The number of amidine groups is 1. The summed E-state index contributed by atoms with van der Waals surface area (Å²) in [4.78, 5) is 4.28. The van der Waals surface area contributed by atoms with Gasteiger partial charge in [0.1, 0.15) is 0 Å². The van der Waals surface area contributed by atoms with Gasteiger partial charge >= 0.3 is 0 Å². The number of rotatable bonds is 4. The molecule has 1 aromatic carbocycles. The zero-order valence-corrected chi connectivity index (χ0v) is 8.03. The highest BCUT2D eigenvalue weighted by Crippen LogP contribution is 2.00. The van der Waals surface area contributed by atoms with Crippen molar-refractivity contribution in [2.45, 2.75) is 26.3 Å². The predicted molar refractivity (Wildman–Crippen MR) is 56.7 cm³/mol. The predicted octanol–water partition coefficient (Wildman–Crippen LogP) is 2.34. The highest BCUT2D eigenvalue weighted by Gasteiger charge is 1.90. The minimum atomic E-state index is 0.701. The summed E-state index contributed by atoms with van der Waals surface area (Å²) in [6, 6.07) is 10.1. The lowest BCUT2D eigenvalue weighted by atomic mass is 10.2. The van der Waals surface area contributed by atoms with Crippen molar-refractivity contribution in [3.05, 3.63) is 35.9 Å². The van der Waals surface area contributed by atoms with Crippen LogP contribution in [0.4, 0.5) is 0 Å². The molecule has 0 fully saturated rings. The van der Waals surface area contributed by atoms with Crippen LogP contribution in [0.25, 0.3) is 0 Å². The highest BCUT2D eigenvalue weighted by molar-refractivity contribution is 5.80. The molecule has 2 heteroatoms. The molecule has 0 heterocycles. The van der Waals surface area contributed by atoms with Gasteiger partial charge < -0.3 is 5.73 Å². The second-order valence-corrected chi connectivity index (χ2v) is 3.04. The molecular weight excluding hydrogens is 160 g/mol. The lowest BCUT2D eigenvalue weighted by Gasteiger charge is -1.98. The van der Waals surface area contributed by atoms with Crippen molar-refractivity contribution in [3.63, 3.8) is 0 Å². The van der Waals surface area contributed by atoms with Crippen LogP contribution in [-0.4, -0.2) is 5.84 Å². The molecule has 0 aliphatic rings. The SMILES string of the molecule is CCCC(N)=NCc1ccccc1. The minimum absolute atomic E-state index is 0.701. The fourth-order valence-electron chi connectivity index (χ4n) is 1.11. The molecule has 13 heavy (non-hydrogen) atoms. The molecule has 0 aliphatic heterocycles. The Hall–Kier alpha value is -1.31. The van der Waals surface area contributed by atoms with E-state index in [0.717, 1.165) is 18.7 Å². The summed E-state index contributed by atoms with van der Waals surface area (Å²) < 4.78 is 0. The van der Waals surface area contributed by atoms with Gasteiger partial charge in [0, 0.05) is 6.42 Å². The van der Waals surface area contributed by atoms with Crippen molar-refractivity contribution < 1.29 is 0 Å². The zero-order valence-electron chi connectivity index (χ0n) is 8.03. The van der Waals surface area contributed by atoms with E-state index in [4.69, 9.17) is 5.73 Å². The Balaban J connectivity index is 2.47. The van der Waals surface area contributed by atoms with Crippen LogP contribution >= 0.6 is 0 Å². The molecule has 0 atom stereocenters. The van der Waals surface area contributed by atoms with E-state index in [1.54, 1.807) is 0 Å². The maximum absolute atomic E-state index is 5.68. The summed E-state index contributed by atoms with van der Waals surface area (Å²) in [7, 11) is 0.